The first-order valence-corrected chi connectivity index (χ1v) is 14.2. The van der Waals surface area contributed by atoms with E-state index < -0.39 is 0 Å². The summed E-state index contributed by atoms with van der Waals surface area (Å²) in [6, 6.07) is 33.2. The minimum Gasteiger partial charge on any atom is -0.283 e. The number of nitrogens with zero attached hydrogens (tertiary/aromatic N) is 2. The third-order valence-electron chi connectivity index (χ3n) is 8.43. The Morgan fingerprint density at radius 1 is 0.476 bits per heavy atom. The maximum atomic E-state index is 13.9. The van der Waals surface area contributed by atoms with Crippen LogP contribution in [0.1, 0.15) is 44.5 Å². The summed E-state index contributed by atoms with van der Waals surface area (Å²) in [7, 11) is 0. The summed E-state index contributed by atoms with van der Waals surface area (Å²) in [4.78, 5) is 31.1. The van der Waals surface area contributed by atoms with Crippen LogP contribution in [0.5, 0.6) is 0 Å². The number of carbonyl (C=O) groups excluding carboxylic acids is 2. The molecule has 0 radical (unpaired) electrons. The average molecular weight is 543 g/mol. The van der Waals surface area contributed by atoms with Crippen molar-refractivity contribution >= 4 is 35.4 Å². The lowest BCUT2D eigenvalue weighted by atomic mass is 9.91. The monoisotopic (exact) mass is 542 g/mol. The van der Waals surface area contributed by atoms with Crippen LogP contribution in [0.25, 0.3) is 23.5 Å². The predicted octanol–water partition coefficient (Wildman–Crippen LogP) is 7.20. The van der Waals surface area contributed by atoms with Crippen molar-refractivity contribution in [2.24, 2.45) is 0 Å². The van der Waals surface area contributed by atoms with Crippen LogP contribution >= 0.6 is 0 Å². The molecule has 4 aromatic carbocycles. The number of amides is 2. The van der Waals surface area contributed by atoms with E-state index in [9.17, 15) is 9.59 Å². The average Bonchev–Trinajstić information content (AvgIpc) is 3.54. The molecule has 42 heavy (non-hydrogen) atoms. The fraction of sp³-hybridized carbons (Fsp3) is 0.0526. The van der Waals surface area contributed by atoms with Crippen molar-refractivity contribution in [2.75, 3.05) is 0 Å². The van der Waals surface area contributed by atoms with Gasteiger partial charge in [-0.2, -0.15) is 0 Å². The first kappa shape index (κ1) is 24.3. The van der Waals surface area contributed by atoms with E-state index in [0.717, 1.165) is 57.6 Å². The Bertz CT molecular complexity index is 1820. The third kappa shape index (κ3) is 3.84. The topological polar surface area (TPSA) is 40.6 Å². The van der Waals surface area contributed by atoms with Crippen molar-refractivity contribution in [3.63, 3.8) is 0 Å². The SMILES string of the molecule is O=C1/C(=C2\C=C3c4c(cccc4Cc4ccccc4)C=CN3C2=O)C=C2c3c(cccc3Cc3ccccc3)C=CN12. The Hall–Kier alpha value is -5.48. The van der Waals surface area contributed by atoms with Crippen LogP contribution in [0.2, 0.25) is 0 Å². The van der Waals surface area contributed by atoms with E-state index in [1.54, 1.807) is 9.80 Å². The number of fused-ring (bicyclic) bond motifs is 6. The summed E-state index contributed by atoms with van der Waals surface area (Å²) in [5.41, 5.74) is 11.4. The Morgan fingerprint density at radius 3 is 1.33 bits per heavy atom. The molecular weight excluding hydrogens is 516 g/mol. The number of benzene rings is 4. The van der Waals surface area contributed by atoms with E-state index in [4.69, 9.17) is 0 Å². The first-order chi connectivity index (χ1) is 20.7. The zero-order chi connectivity index (χ0) is 28.2. The summed E-state index contributed by atoms with van der Waals surface area (Å²) in [6.45, 7) is 0. The summed E-state index contributed by atoms with van der Waals surface area (Å²) < 4.78 is 0. The van der Waals surface area contributed by atoms with Crippen molar-refractivity contribution in [1.29, 1.82) is 0 Å². The zero-order valence-electron chi connectivity index (χ0n) is 22.8. The molecule has 8 rings (SSSR count). The smallest absolute Gasteiger partial charge is 0.263 e. The summed E-state index contributed by atoms with van der Waals surface area (Å²) in [5.74, 6) is -0.355. The molecule has 4 aliphatic rings. The van der Waals surface area contributed by atoms with Crippen molar-refractivity contribution in [1.82, 2.24) is 9.80 Å². The van der Waals surface area contributed by atoms with Crippen molar-refractivity contribution in [2.45, 2.75) is 12.8 Å². The first-order valence-electron chi connectivity index (χ1n) is 14.2. The van der Waals surface area contributed by atoms with Gasteiger partial charge in [0, 0.05) is 23.5 Å². The molecule has 0 aliphatic carbocycles. The molecule has 0 saturated carbocycles. The summed E-state index contributed by atoms with van der Waals surface area (Å²) in [5, 5.41) is 0. The molecule has 4 aromatic rings. The summed E-state index contributed by atoms with van der Waals surface area (Å²) in [6.07, 6.45) is 12.9. The van der Waals surface area contributed by atoms with E-state index in [-0.39, 0.29) is 11.8 Å². The molecule has 200 valence electrons. The van der Waals surface area contributed by atoms with Gasteiger partial charge in [-0.15, -0.1) is 0 Å². The maximum Gasteiger partial charge on any atom is 0.263 e. The fourth-order valence-electron chi connectivity index (χ4n) is 6.46. The molecule has 0 unspecified atom stereocenters. The minimum atomic E-state index is -0.178. The van der Waals surface area contributed by atoms with Gasteiger partial charge in [-0.1, -0.05) is 97.1 Å². The van der Waals surface area contributed by atoms with Gasteiger partial charge in [0.25, 0.3) is 11.8 Å². The van der Waals surface area contributed by atoms with Crippen LogP contribution < -0.4 is 0 Å². The van der Waals surface area contributed by atoms with E-state index in [0.29, 0.717) is 11.1 Å². The highest BCUT2D eigenvalue weighted by Gasteiger charge is 2.39. The van der Waals surface area contributed by atoms with E-state index >= 15 is 0 Å². The standard InChI is InChI=1S/C38H26N2O2/c41-37-31(23-33-35-27(17-19-39(33)37)13-7-15-29(35)21-25-9-3-1-4-10-25)32-24-34-36-28(18-20-40(34)38(32)42)14-8-16-30(36)22-26-11-5-2-6-12-26/h1-20,23-24H,21-22H2/b32-31+. The minimum absolute atomic E-state index is 0.178. The Balaban J connectivity index is 1.24. The molecule has 2 amide bonds. The van der Waals surface area contributed by atoms with E-state index in [2.05, 4.69) is 60.7 Å². The van der Waals surface area contributed by atoms with Gasteiger partial charge in [0.15, 0.2) is 0 Å². The predicted molar refractivity (Wildman–Crippen MR) is 166 cm³/mol. The van der Waals surface area contributed by atoms with Gasteiger partial charge in [0.05, 0.1) is 22.5 Å². The van der Waals surface area contributed by atoms with Gasteiger partial charge in [-0.25, -0.2) is 0 Å². The second-order valence-electron chi connectivity index (χ2n) is 11.0. The van der Waals surface area contributed by atoms with Gasteiger partial charge in [-0.3, -0.25) is 19.4 Å². The molecule has 4 heteroatoms. The zero-order valence-corrected chi connectivity index (χ0v) is 22.8. The van der Waals surface area contributed by atoms with Gasteiger partial charge in [0.2, 0.25) is 0 Å². The molecule has 0 bridgehead atoms. The van der Waals surface area contributed by atoms with Crippen molar-refractivity contribution < 1.29 is 9.59 Å². The van der Waals surface area contributed by atoms with Crippen molar-refractivity contribution in [3.8, 4) is 0 Å². The van der Waals surface area contributed by atoms with E-state index in [1.807, 2.05) is 73.1 Å². The molecular formula is C38H26N2O2. The van der Waals surface area contributed by atoms with Crippen molar-refractivity contribution in [3.05, 3.63) is 177 Å². The van der Waals surface area contributed by atoms with Crippen LogP contribution in [-0.2, 0) is 22.4 Å². The second kappa shape index (κ2) is 9.57. The van der Waals surface area contributed by atoms with E-state index in [1.165, 1.54) is 11.1 Å². The van der Waals surface area contributed by atoms with Crippen LogP contribution in [0.3, 0.4) is 0 Å². The molecule has 0 saturated heterocycles. The highest BCUT2D eigenvalue weighted by atomic mass is 16.2. The highest BCUT2D eigenvalue weighted by molar-refractivity contribution is 6.20. The number of rotatable bonds is 4. The second-order valence-corrected chi connectivity index (χ2v) is 11.0. The lowest BCUT2D eigenvalue weighted by Crippen LogP contribution is -2.25. The molecule has 4 heterocycles. The molecule has 4 nitrogen and oxygen atoms in total. The highest BCUT2D eigenvalue weighted by Crippen LogP contribution is 2.43. The number of hydrogen-bond acceptors (Lipinski definition) is 2. The Labute approximate surface area is 244 Å². The fourth-order valence-corrected chi connectivity index (χ4v) is 6.46. The summed E-state index contributed by atoms with van der Waals surface area (Å²) >= 11 is 0. The largest absolute Gasteiger partial charge is 0.283 e. The Morgan fingerprint density at radius 2 is 0.905 bits per heavy atom. The van der Waals surface area contributed by atoms with Crippen LogP contribution in [0, 0.1) is 0 Å². The molecule has 0 aromatic heterocycles. The number of hydrogen-bond donors (Lipinski definition) is 0. The molecule has 4 aliphatic heterocycles. The van der Waals surface area contributed by atoms with Crippen LogP contribution in [-0.4, -0.2) is 21.6 Å². The van der Waals surface area contributed by atoms with Gasteiger partial charge < -0.3 is 0 Å². The third-order valence-corrected chi connectivity index (χ3v) is 8.43. The van der Waals surface area contributed by atoms with Crippen LogP contribution in [0.4, 0.5) is 0 Å². The molecule has 0 spiro atoms. The molecule has 0 fully saturated rings. The Kier molecular flexibility index (Phi) is 5.54. The van der Waals surface area contributed by atoms with Crippen LogP contribution in [0.15, 0.2) is 133 Å². The van der Waals surface area contributed by atoms with Gasteiger partial charge in [-0.05, 0) is 70.5 Å². The number of carbonyl (C=O) groups is 2. The van der Waals surface area contributed by atoms with Gasteiger partial charge in [0.1, 0.15) is 0 Å². The maximum absolute atomic E-state index is 13.9. The normalized spacial score (nSPS) is 18.0. The molecule has 0 N–H and O–H groups in total. The lowest BCUT2D eigenvalue weighted by Gasteiger charge is -2.25. The lowest BCUT2D eigenvalue weighted by molar-refractivity contribution is -0.123. The molecule has 0 atom stereocenters. The quantitative estimate of drug-likeness (QED) is 0.256. The van der Waals surface area contributed by atoms with Gasteiger partial charge >= 0.3 is 0 Å².